The Morgan fingerprint density at radius 3 is 2.69 bits per heavy atom. The Labute approximate surface area is 170 Å². The summed E-state index contributed by atoms with van der Waals surface area (Å²) < 4.78 is 11.1. The molecule has 1 fully saturated rings. The van der Waals surface area contributed by atoms with E-state index < -0.39 is 0 Å². The van der Waals surface area contributed by atoms with E-state index in [1.807, 2.05) is 47.4 Å². The highest BCUT2D eigenvalue weighted by Crippen LogP contribution is 2.33. The maximum absolute atomic E-state index is 12.6. The molecule has 0 N–H and O–H groups in total. The molecule has 0 radical (unpaired) electrons. The van der Waals surface area contributed by atoms with Crippen molar-refractivity contribution in [1.29, 1.82) is 0 Å². The summed E-state index contributed by atoms with van der Waals surface area (Å²) in [6.07, 6.45) is 2.23. The molecule has 4 rings (SSSR count). The lowest BCUT2D eigenvalue weighted by molar-refractivity contribution is -0.117. The Morgan fingerprint density at radius 1 is 1.14 bits per heavy atom. The van der Waals surface area contributed by atoms with Crippen molar-refractivity contribution in [2.75, 3.05) is 18.1 Å². The maximum atomic E-state index is 12.6. The number of aryl methyl sites for hydroxylation is 1. The molecule has 0 saturated carbocycles. The van der Waals surface area contributed by atoms with Crippen molar-refractivity contribution >= 4 is 11.6 Å². The normalized spacial score (nSPS) is 16.4. The fourth-order valence-electron chi connectivity index (χ4n) is 3.62. The average molecular weight is 391 g/mol. The standard InChI is InChI=1S/C23H25N3O3/c1-3-13-28-19-11-9-17(10-12-19)22-24-23(29-25-22)18-14-21(27)26(15-18)20-8-6-5-7-16(20)4-2/h5-12,18H,3-4,13-15H2,1-2H3. The molecule has 6 heteroatoms. The SMILES string of the molecule is CCCOc1ccc(-c2noc(C3CC(=O)N(c4ccccc4CC)C3)n2)cc1. The van der Waals surface area contributed by atoms with Crippen LogP contribution in [0.1, 0.15) is 44.1 Å². The molecule has 6 nitrogen and oxygen atoms in total. The molecule has 1 unspecified atom stereocenters. The summed E-state index contributed by atoms with van der Waals surface area (Å²) in [6.45, 7) is 5.42. The van der Waals surface area contributed by atoms with Crippen molar-refractivity contribution in [2.45, 2.75) is 39.0 Å². The first-order valence-electron chi connectivity index (χ1n) is 10.1. The summed E-state index contributed by atoms with van der Waals surface area (Å²) in [4.78, 5) is 19.1. The van der Waals surface area contributed by atoms with Gasteiger partial charge in [-0.2, -0.15) is 4.98 Å². The number of hydrogen-bond donors (Lipinski definition) is 0. The number of benzene rings is 2. The minimum Gasteiger partial charge on any atom is -0.494 e. The lowest BCUT2D eigenvalue weighted by Crippen LogP contribution is -2.25. The van der Waals surface area contributed by atoms with Crippen LogP contribution in [0.3, 0.4) is 0 Å². The van der Waals surface area contributed by atoms with E-state index in [4.69, 9.17) is 9.26 Å². The number of hydrogen-bond acceptors (Lipinski definition) is 5. The van der Waals surface area contributed by atoms with Crippen LogP contribution in [0.2, 0.25) is 0 Å². The van der Waals surface area contributed by atoms with E-state index in [2.05, 4.69) is 30.1 Å². The Kier molecular flexibility index (Phi) is 5.60. The summed E-state index contributed by atoms with van der Waals surface area (Å²) in [5, 5.41) is 4.12. The van der Waals surface area contributed by atoms with Gasteiger partial charge in [-0.05, 0) is 48.7 Å². The van der Waals surface area contributed by atoms with Crippen LogP contribution in [0, 0.1) is 0 Å². The van der Waals surface area contributed by atoms with Gasteiger partial charge in [0.15, 0.2) is 0 Å². The number of para-hydroxylation sites is 1. The minimum atomic E-state index is -0.0965. The highest BCUT2D eigenvalue weighted by atomic mass is 16.5. The molecular formula is C23H25N3O3. The van der Waals surface area contributed by atoms with Crippen LogP contribution in [0.15, 0.2) is 53.1 Å². The molecule has 1 aromatic heterocycles. The molecule has 1 saturated heterocycles. The average Bonchev–Trinajstić information content (AvgIpc) is 3.39. The van der Waals surface area contributed by atoms with E-state index in [0.29, 0.717) is 31.3 Å². The number of amides is 1. The summed E-state index contributed by atoms with van der Waals surface area (Å²) in [5.74, 6) is 1.86. The van der Waals surface area contributed by atoms with Crippen LogP contribution in [0.5, 0.6) is 5.75 Å². The smallest absolute Gasteiger partial charge is 0.232 e. The van der Waals surface area contributed by atoms with E-state index in [1.54, 1.807) is 0 Å². The van der Waals surface area contributed by atoms with Gasteiger partial charge in [-0.3, -0.25) is 4.79 Å². The van der Waals surface area contributed by atoms with Crippen molar-refractivity contribution in [1.82, 2.24) is 10.1 Å². The highest BCUT2D eigenvalue weighted by Gasteiger charge is 2.35. The predicted octanol–water partition coefficient (Wildman–Crippen LogP) is 4.61. The first-order chi connectivity index (χ1) is 14.2. The Bertz CT molecular complexity index is 981. The molecule has 0 aliphatic carbocycles. The maximum Gasteiger partial charge on any atom is 0.232 e. The second-order valence-electron chi connectivity index (χ2n) is 7.22. The third-order valence-corrected chi connectivity index (χ3v) is 5.16. The second-order valence-corrected chi connectivity index (χ2v) is 7.22. The van der Waals surface area contributed by atoms with Gasteiger partial charge in [-0.25, -0.2) is 0 Å². The van der Waals surface area contributed by atoms with Gasteiger partial charge in [0.05, 0.1) is 12.5 Å². The zero-order valence-electron chi connectivity index (χ0n) is 16.8. The number of nitrogens with zero attached hydrogens (tertiary/aromatic N) is 3. The number of rotatable bonds is 7. The van der Waals surface area contributed by atoms with Crippen LogP contribution in [0.4, 0.5) is 5.69 Å². The van der Waals surface area contributed by atoms with Gasteiger partial charge in [0.2, 0.25) is 17.6 Å². The number of carbonyl (C=O) groups excluding carboxylic acids is 1. The zero-order valence-corrected chi connectivity index (χ0v) is 16.8. The van der Waals surface area contributed by atoms with Gasteiger partial charge in [0.1, 0.15) is 5.75 Å². The zero-order chi connectivity index (χ0) is 20.2. The van der Waals surface area contributed by atoms with Crippen molar-refractivity contribution in [3.8, 4) is 17.1 Å². The number of ether oxygens (including phenoxy) is 1. The Morgan fingerprint density at radius 2 is 1.93 bits per heavy atom. The van der Waals surface area contributed by atoms with Crippen LogP contribution in [-0.4, -0.2) is 29.2 Å². The largest absolute Gasteiger partial charge is 0.494 e. The van der Waals surface area contributed by atoms with Gasteiger partial charge < -0.3 is 14.2 Å². The summed E-state index contributed by atoms with van der Waals surface area (Å²) in [5.41, 5.74) is 3.00. The topological polar surface area (TPSA) is 68.5 Å². The molecular weight excluding hydrogens is 366 g/mol. The lowest BCUT2D eigenvalue weighted by Gasteiger charge is -2.19. The quantitative estimate of drug-likeness (QED) is 0.588. The molecule has 1 aliphatic heterocycles. The molecule has 1 aliphatic rings. The predicted molar refractivity (Wildman–Crippen MR) is 111 cm³/mol. The summed E-state index contributed by atoms with van der Waals surface area (Å²) >= 11 is 0. The fourth-order valence-corrected chi connectivity index (χ4v) is 3.62. The monoisotopic (exact) mass is 391 g/mol. The third kappa shape index (κ3) is 4.01. The minimum absolute atomic E-state index is 0.0908. The molecule has 1 amide bonds. The van der Waals surface area contributed by atoms with E-state index in [1.165, 1.54) is 0 Å². The van der Waals surface area contributed by atoms with Crippen LogP contribution in [0.25, 0.3) is 11.4 Å². The Balaban J connectivity index is 1.49. The van der Waals surface area contributed by atoms with Gasteiger partial charge >= 0.3 is 0 Å². The van der Waals surface area contributed by atoms with Gasteiger partial charge in [0, 0.05) is 24.2 Å². The van der Waals surface area contributed by atoms with Crippen molar-refractivity contribution in [3.05, 3.63) is 60.0 Å². The van der Waals surface area contributed by atoms with Crippen LogP contribution < -0.4 is 9.64 Å². The van der Waals surface area contributed by atoms with E-state index in [0.717, 1.165) is 35.4 Å². The first-order valence-corrected chi connectivity index (χ1v) is 10.1. The molecule has 2 heterocycles. The molecule has 29 heavy (non-hydrogen) atoms. The summed E-state index contributed by atoms with van der Waals surface area (Å²) in [6, 6.07) is 15.7. The third-order valence-electron chi connectivity index (χ3n) is 5.16. The van der Waals surface area contributed by atoms with Crippen molar-refractivity contribution in [3.63, 3.8) is 0 Å². The Hall–Kier alpha value is -3.15. The van der Waals surface area contributed by atoms with E-state index in [-0.39, 0.29) is 11.8 Å². The summed E-state index contributed by atoms with van der Waals surface area (Å²) in [7, 11) is 0. The molecule has 0 bridgehead atoms. The first kappa shape index (κ1) is 19.2. The van der Waals surface area contributed by atoms with Crippen molar-refractivity contribution in [2.24, 2.45) is 0 Å². The van der Waals surface area contributed by atoms with Crippen LogP contribution in [-0.2, 0) is 11.2 Å². The molecule has 0 spiro atoms. The highest BCUT2D eigenvalue weighted by molar-refractivity contribution is 5.97. The molecule has 3 aromatic rings. The molecule has 1 atom stereocenters. The van der Waals surface area contributed by atoms with E-state index >= 15 is 0 Å². The van der Waals surface area contributed by atoms with Crippen molar-refractivity contribution < 1.29 is 14.1 Å². The number of anilines is 1. The number of aromatic nitrogens is 2. The molecule has 150 valence electrons. The van der Waals surface area contributed by atoms with E-state index in [9.17, 15) is 4.79 Å². The fraction of sp³-hybridized carbons (Fsp3) is 0.348. The lowest BCUT2D eigenvalue weighted by atomic mass is 10.1. The van der Waals surface area contributed by atoms with Crippen LogP contribution >= 0.6 is 0 Å². The van der Waals surface area contributed by atoms with Gasteiger partial charge in [0.25, 0.3) is 0 Å². The molecule has 2 aromatic carbocycles. The van der Waals surface area contributed by atoms with Gasteiger partial charge in [-0.1, -0.05) is 37.2 Å². The second kappa shape index (κ2) is 8.47. The number of carbonyl (C=O) groups is 1. The van der Waals surface area contributed by atoms with Gasteiger partial charge in [-0.15, -0.1) is 0 Å².